The predicted molar refractivity (Wildman–Crippen MR) is 112 cm³/mol. The second-order valence-electron chi connectivity index (χ2n) is 7.22. The van der Waals surface area contributed by atoms with E-state index in [0.717, 1.165) is 30.6 Å². The Kier molecular flexibility index (Phi) is 6.65. The summed E-state index contributed by atoms with van der Waals surface area (Å²) in [5.41, 5.74) is 4.80. The van der Waals surface area contributed by atoms with Crippen molar-refractivity contribution in [1.29, 1.82) is 0 Å². The molecular formula is C22H32NOP. The quantitative estimate of drug-likeness (QED) is 0.698. The van der Waals surface area contributed by atoms with Gasteiger partial charge in [-0.1, -0.05) is 65.8 Å². The molecule has 2 rings (SSSR count). The summed E-state index contributed by atoms with van der Waals surface area (Å²) in [7, 11) is 2.80. The lowest BCUT2D eigenvalue weighted by Gasteiger charge is -2.32. The van der Waals surface area contributed by atoms with Gasteiger partial charge in [-0.05, 0) is 55.9 Å². The van der Waals surface area contributed by atoms with Gasteiger partial charge in [-0.15, -0.1) is 0 Å². The summed E-state index contributed by atoms with van der Waals surface area (Å²) in [5, 5.41) is 12.1. The molecule has 2 atom stereocenters. The Morgan fingerprint density at radius 1 is 1.04 bits per heavy atom. The van der Waals surface area contributed by atoms with E-state index in [9.17, 15) is 5.11 Å². The maximum atomic E-state index is 10.7. The van der Waals surface area contributed by atoms with Gasteiger partial charge < -0.3 is 10.0 Å². The van der Waals surface area contributed by atoms with Crippen molar-refractivity contribution in [3.8, 4) is 5.75 Å². The molecule has 0 aliphatic rings. The van der Waals surface area contributed by atoms with Gasteiger partial charge in [-0.3, -0.25) is 0 Å². The molecule has 2 aromatic carbocycles. The molecular weight excluding hydrogens is 325 g/mol. The number of hydrogen-bond donors (Lipinski definition) is 1. The van der Waals surface area contributed by atoms with Crippen molar-refractivity contribution < 1.29 is 5.11 Å². The highest BCUT2D eigenvalue weighted by molar-refractivity contribution is 7.48. The summed E-state index contributed by atoms with van der Waals surface area (Å²) in [6.07, 6.45) is 1.000. The fourth-order valence-electron chi connectivity index (χ4n) is 3.17. The van der Waals surface area contributed by atoms with Crippen LogP contribution in [0.3, 0.4) is 0 Å². The summed E-state index contributed by atoms with van der Waals surface area (Å²) in [6, 6.07) is 12.8. The highest BCUT2D eigenvalue weighted by atomic mass is 31.1. The van der Waals surface area contributed by atoms with Gasteiger partial charge in [0.05, 0.1) is 0 Å². The lowest BCUT2D eigenvalue weighted by atomic mass is 9.94. The molecule has 3 heteroatoms. The average Bonchev–Trinajstić information content (AvgIpc) is 2.60. The molecule has 0 bridgehead atoms. The molecule has 1 N–H and O–H groups in total. The van der Waals surface area contributed by atoms with Crippen LogP contribution < -0.4 is 5.30 Å². The summed E-state index contributed by atoms with van der Waals surface area (Å²) in [6.45, 7) is 12.9. The minimum Gasteiger partial charge on any atom is -0.507 e. The monoisotopic (exact) mass is 357 g/mol. The van der Waals surface area contributed by atoms with Crippen LogP contribution in [0, 0.1) is 13.8 Å². The lowest BCUT2D eigenvalue weighted by molar-refractivity contribution is 0.346. The minimum atomic E-state index is -0.0538. The van der Waals surface area contributed by atoms with Crippen molar-refractivity contribution >= 4 is 13.9 Å². The van der Waals surface area contributed by atoms with Crippen LogP contribution >= 0.6 is 8.58 Å². The number of benzene rings is 2. The maximum Gasteiger partial charge on any atom is 0.122 e. The average molecular weight is 357 g/mol. The van der Waals surface area contributed by atoms with Crippen LogP contribution in [0.1, 0.15) is 49.4 Å². The third-order valence-electron chi connectivity index (χ3n) is 5.28. The second-order valence-corrected chi connectivity index (χ2v) is 9.07. The van der Waals surface area contributed by atoms with Crippen LogP contribution in [-0.2, 0) is 11.7 Å². The first kappa shape index (κ1) is 19.9. The molecule has 0 saturated carbocycles. The zero-order valence-corrected chi connectivity index (χ0v) is 17.5. The summed E-state index contributed by atoms with van der Waals surface area (Å²) in [5.74, 6) is 0.458. The Morgan fingerprint density at radius 3 is 2.32 bits per heavy atom. The zero-order chi connectivity index (χ0) is 18.6. The van der Waals surface area contributed by atoms with Gasteiger partial charge in [-0.2, -0.15) is 0 Å². The van der Waals surface area contributed by atoms with Gasteiger partial charge in [0.2, 0.25) is 0 Å². The summed E-state index contributed by atoms with van der Waals surface area (Å²) in [4.78, 5) is 2.34. The molecule has 0 amide bonds. The van der Waals surface area contributed by atoms with Crippen LogP contribution in [0.4, 0.5) is 0 Å². The normalized spacial score (nSPS) is 14.4. The molecule has 0 radical (unpaired) electrons. The van der Waals surface area contributed by atoms with Crippen molar-refractivity contribution in [3.05, 3.63) is 58.7 Å². The molecule has 136 valence electrons. The van der Waals surface area contributed by atoms with Crippen molar-refractivity contribution in [3.63, 3.8) is 0 Å². The largest absolute Gasteiger partial charge is 0.507 e. The Labute approximate surface area is 155 Å². The third-order valence-corrected chi connectivity index (χ3v) is 7.42. The molecule has 0 aliphatic heterocycles. The van der Waals surface area contributed by atoms with E-state index in [-0.39, 0.29) is 5.16 Å². The highest BCUT2D eigenvalue weighted by Crippen LogP contribution is 2.48. The molecule has 2 unspecified atom stereocenters. The van der Waals surface area contributed by atoms with E-state index in [1.54, 1.807) is 0 Å². The number of nitrogens with zero attached hydrogens (tertiary/aromatic N) is 1. The van der Waals surface area contributed by atoms with Crippen LogP contribution in [0.2, 0.25) is 0 Å². The second kappa shape index (κ2) is 8.34. The molecule has 25 heavy (non-hydrogen) atoms. The molecule has 0 fully saturated rings. The summed E-state index contributed by atoms with van der Waals surface area (Å²) < 4.78 is 0. The van der Waals surface area contributed by atoms with Gasteiger partial charge in [-0.25, -0.2) is 0 Å². The first-order valence-corrected chi connectivity index (χ1v) is 10.2. The smallest absolute Gasteiger partial charge is 0.122 e. The molecule has 0 aliphatic carbocycles. The third kappa shape index (κ3) is 4.43. The Morgan fingerprint density at radius 2 is 1.68 bits per heavy atom. The van der Waals surface area contributed by atoms with Gasteiger partial charge in [0.1, 0.15) is 5.75 Å². The highest BCUT2D eigenvalue weighted by Gasteiger charge is 2.30. The van der Waals surface area contributed by atoms with Gasteiger partial charge >= 0.3 is 0 Å². The topological polar surface area (TPSA) is 23.5 Å². The Balaban J connectivity index is 2.47. The standard InChI is InChI=1S/C22H32NOP/c1-7-22(5,19-14-10-11-16(3)20(19)24)25-21-17(4)12-9-13-18(21)15-23(6)8-2/h9-14,24-25H,7-8,15H2,1-6H3. The molecule has 2 aromatic rings. The van der Waals surface area contributed by atoms with E-state index in [0.29, 0.717) is 14.3 Å². The van der Waals surface area contributed by atoms with E-state index in [2.05, 4.69) is 70.0 Å². The fraction of sp³-hybridized carbons (Fsp3) is 0.455. The molecule has 0 heterocycles. The maximum absolute atomic E-state index is 10.7. The van der Waals surface area contributed by atoms with Crippen molar-refractivity contribution in [2.75, 3.05) is 13.6 Å². The predicted octanol–water partition coefficient (Wildman–Crippen LogP) is 5.09. The van der Waals surface area contributed by atoms with E-state index in [4.69, 9.17) is 0 Å². The van der Waals surface area contributed by atoms with Gasteiger partial charge in [0.25, 0.3) is 0 Å². The first-order valence-electron chi connectivity index (χ1n) is 9.16. The van der Waals surface area contributed by atoms with Crippen molar-refractivity contribution in [1.82, 2.24) is 4.90 Å². The number of phenols is 1. The Bertz CT molecular complexity index is 728. The number of rotatable bonds is 7. The number of aryl methyl sites for hydroxylation is 2. The number of aromatic hydroxyl groups is 1. The Hall–Kier alpha value is -1.37. The lowest BCUT2D eigenvalue weighted by Crippen LogP contribution is -2.25. The molecule has 0 saturated heterocycles. The van der Waals surface area contributed by atoms with Crippen LogP contribution in [0.5, 0.6) is 5.75 Å². The van der Waals surface area contributed by atoms with Crippen LogP contribution in [0.15, 0.2) is 36.4 Å². The van der Waals surface area contributed by atoms with Gasteiger partial charge in [0.15, 0.2) is 0 Å². The number of para-hydroxylation sites is 1. The van der Waals surface area contributed by atoms with Crippen LogP contribution in [0.25, 0.3) is 0 Å². The summed E-state index contributed by atoms with van der Waals surface area (Å²) >= 11 is 0. The van der Waals surface area contributed by atoms with E-state index in [1.165, 1.54) is 16.4 Å². The van der Waals surface area contributed by atoms with E-state index in [1.807, 2.05) is 13.0 Å². The van der Waals surface area contributed by atoms with Crippen LogP contribution in [-0.4, -0.2) is 23.6 Å². The van der Waals surface area contributed by atoms with E-state index >= 15 is 0 Å². The first-order chi connectivity index (χ1) is 11.8. The molecule has 2 nitrogen and oxygen atoms in total. The number of phenolic OH excluding ortho intramolecular Hbond substituents is 1. The number of hydrogen-bond acceptors (Lipinski definition) is 2. The van der Waals surface area contributed by atoms with Gasteiger partial charge in [0, 0.05) is 17.3 Å². The van der Waals surface area contributed by atoms with Crippen molar-refractivity contribution in [2.24, 2.45) is 0 Å². The van der Waals surface area contributed by atoms with Crippen molar-refractivity contribution in [2.45, 2.75) is 52.7 Å². The molecule has 0 spiro atoms. The molecule has 0 aromatic heterocycles. The van der Waals surface area contributed by atoms with E-state index < -0.39 is 0 Å². The minimum absolute atomic E-state index is 0.0538. The fourth-order valence-corrected chi connectivity index (χ4v) is 4.84. The SMILES string of the molecule is CCN(C)Cc1cccc(C)c1PC(C)(CC)c1cccc(C)c1O. The zero-order valence-electron chi connectivity index (χ0n) is 16.5.